The third kappa shape index (κ3) is 3.05. The summed E-state index contributed by atoms with van der Waals surface area (Å²) in [6.45, 7) is 9.60. The van der Waals surface area contributed by atoms with Gasteiger partial charge in [0.15, 0.2) is 0 Å². The zero-order valence-electron chi connectivity index (χ0n) is 9.71. The summed E-state index contributed by atoms with van der Waals surface area (Å²) < 4.78 is 0. The van der Waals surface area contributed by atoms with Gasteiger partial charge in [0.2, 0.25) is 0 Å². The van der Waals surface area contributed by atoms with Crippen LogP contribution in [0.5, 0.6) is 0 Å². The van der Waals surface area contributed by atoms with Crippen LogP contribution in [-0.2, 0) is 11.2 Å². The normalized spacial score (nSPS) is 11.1. The summed E-state index contributed by atoms with van der Waals surface area (Å²) >= 11 is 0. The molecule has 1 rings (SSSR count). The lowest BCUT2D eigenvalue weighted by atomic mass is 9.86. The quantitative estimate of drug-likeness (QED) is 0.733. The molecule has 0 aromatic heterocycles. The van der Waals surface area contributed by atoms with E-state index in [9.17, 15) is 4.79 Å². The van der Waals surface area contributed by atoms with Crippen molar-refractivity contribution in [3.05, 3.63) is 42.0 Å². The van der Waals surface area contributed by atoms with Gasteiger partial charge in [-0.05, 0) is 11.1 Å². The van der Waals surface area contributed by atoms with Crippen molar-refractivity contribution < 1.29 is 4.79 Å². The Morgan fingerprint density at radius 3 is 2.47 bits per heavy atom. The van der Waals surface area contributed by atoms with Crippen LogP contribution >= 0.6 is 0 Å². The maximum absolute atomic E-state index is 11.9. The Bertz CT molecular complexity index is 369. The lowest BCUT2D eigenvalue weighted by Gasteiger charge is -2.17. The highest BCUT2D eigenvalue weighted by Crippen LogP contribution is 2.19. The third-order valence-electron chi connectivity index (χ3n) is 2.46. The minimum absolute atomic E-state index is 0.261. The number of benzene rings is 1. The first kappa shape index (κ1) is 11.7. The highest BCUT2D eigenvalue weighted by Gasteiger charge is 2.21. The van der Waals surface area contributed by atoms with Crippen molar-refractivity contribution in [1.29, 1.82) is 0 Å². The molecular formula is C14H18O. The van der Waals surface area contributed by atoms with Gasteiger partial charge in [-0.3, -0.25) is 4.79 Å². The molecule has 0 saturated heterocycles. The first-order valence-corrected chi connectivity index (χ1v) is 5.19. The Hall–Kier alpha value is -1.37. The van der Waals surface area contributed by atoms with Crippen molar-refractivity contribution in [2.75, 3.05) is 0 Å². The van der Waals surface area contributed by atoms with E-state index in [1.807, 2.05) is 45.0 Å². The van der Waals surface area contributed by atoms with E-state index in [4.69, 9.17) is 0 Å². The summed E-state index contributed by atoms with van der Waals surface area (Å²) in [7, 11) is 0. The summed E-state index contributed by atoms with van der Waals surface area (Å²) in [6, 6.07) is 7.89. The molecule has 0 radical (unpaired) electrons. The molecule has 0 aliphatic heterocycles. The van der Waals surface area contributed by atoms with Gasteiger partial charge in [0.1, 0.15) is 5.78 Å². The topological polar surface area (TPSA) is 17.1 Å². The molecule has 0 aliphatic rings. The molecule has 0 amide bonds. The van der Waals surface area contributed by atoms with Gasteiger partial charge in [-0.1, -0.05) is 57.7 Å². The molecule has 0 fully saturated rings. The Kier molecular flexibility index (Phi) is 3.46. The maximum Gasteiger partial charge on any atom is 0.142 e. The minimum atomic E-state index is -0.270. The smallest absolute Gasteiger partial charge is 0.142 e. The molecule has 0 bridgehead atoms. The highest BCUT2D eigenvalue weighted by molar-refractivity contribution is 5.86. The summed E-state index contributed by atoms with van der Waals surface area (Å²) in [4.78, 5) is 11.9. The molecule has 1 heteroatoms. The second kappa shape index (κ2) is 4.43. The van der Waals surface area contributed by atoms with Crippen molar-refractivity contribution >= 4 is 11.9 Å². The van der Waals surface area contributed by atoms with E-state index in [0.29, 0.717) is 6.42 Å². The lowest BCUT2D eigenvalue weighted by Crippen LogP contribution is -2.22. The fourth-order valence-corrected chi connectivity index (χ4v) is 1.33. The van der Waals surface area contributed by atoms with Crippen molar-refractivity contribution in [3.8, 4) is 0 Å². The van der Waals surface area contributed by atoms with E-state index in [2.05, 4.69) is 6.58 Å². The fraction of sp³-hybridized carbons (Fsp3) is 0.357. The Morgan fingerprint density at radius 1 is 1.33 bits per heavy atom. The first-order valence-electron chi connectivity index (χ1n) is 5.19. The molecule has 0 saturated carbocycles. The number of ketones is 1. The van der Waals surface area contributed by atoms with Gasteiger partial charge in [-0.15, -0.1) is 0 Å². The van der Waals surface area contributed by atoms with Gasteiger partial charge in [-0.25, -0.2) is 0 Å². The summed E-state index contributed by atoms with van der Waals surface area (Å²) in [5.74, 6) is 0.261. The lowest BCUT2D eigenvalue weighted by molar-refractivity contribution is -0.125. The van der Waals surface area contributed by atoms with Gasteiger partial charge < -0.3 is 0 Å². The molecule has 0 aliphatic carbocycles. The Labute approximate surface area is 91.8 Å². The zero-order valence-corrected chi connectivity index (χ0v) is 9.71. The SMILES string of the molecule is C=Cc1ccccc1CC(=O)C(C)(C)C. The standard InChI is InChI=1S/C14H18O/c1-5-11-8-6-7-9-12(11)10-13(15)14(2,3)4/h5-9H,1,10H2,2-4H3. The van der Waals surface area contributed by atoms with Crippen LogP contribution in [0.1, 0.15) is 31.9 Å². The molecule has 0 spiro atoms. The first-order chi connectivity index (χ1) is 6.95. The summed E-state index contributed by atoms with van der Waals surface area (Å²) in [5, 5.41) is 0. The fourth-order valence-electron chi connectivity index (χ4n) is 1.33. The molecule has 1 aromatic rings. The van der Waals surface area contributed by atoms with Crippen molar-refractivity contribution in [2.45, 2.75) is 27.2 Å². The Morgan fingerprint density at radius 2 is 1.93 bits per heavy atom. The number of rotatable bonds is 3. The average Bonchev–Trinajstić information content (AvgIpc) is 2.17. The number of Topliss-reactive ketones (excluding diaryl/α,β-unsaturated/α-hetero) is 1. The second-order valence-corrected chi connectivity index (χ2v) is 4.75. The van der Waals surface area contributed by atoms with Crippen LogP contribution < -0.4 is 0 Å². The molecule has 0 atom stereocenters. The van der Waals surface area contributed by atoms with Crippen LogP contribution in [-0.4, -0.2) is 5.78 Å². The van der Waals surface area contributed by atoms with E-state index in [1.54, 1.807) is 6.08 Å². The number of hydrogen-bond acceptors (Lipinski definition) is 1. The van der Waals surface area contributed by atoms with Gasteiger partial charge in [0, 0.05) is 11.8 Å². The van der Waals surface area contributed by atoms with Crippen LogP contribution in [0.4, 0.5) is 0 Å². The van der Waals surface area contributed by atoms with Crippen LogP contribution in [0, 0.1) is 5.41 Å². The van der Waals surface area contributed by atoms with E-state index < -0.39 is 0 Å². The maximum atomic E-state index is 11.9. The van der Waals surface area contributed by atoms with E-state index in [1.165, 1.54) is 0 Å². The average molecular weight is 202 g/mol. The molecule has 0 unspecified atom stereocenters. The zero-order chi connectivity index (χ0) is 11.5. The van der Waals surface area contributed by atoms with Crippen molar-refractivity contribution in [2.24, 2.45) is 5.41 Å². The number of carbonyl (C=O) groups is 1. The monoisotopic (exact) mass is 202 g/mol. The summed E-state index contributed by atoms with van der Waals surface area (Å²) in [6.07, 6.45) is 2.29. The van der Waals surface area contributed by atoms with Crippen molar-refractivity contribution in [1.82, 2.24) is 0 Å². The molecule has 1 nitrogen and oxygen atoms in total. The van der Waals surface area contributed by atoms with Gasteiger partial charge >= 0.3 is 0 Å². The Balaban J connectivity index is 2.90. The van der Waals surface area contributed by atoms with E-state index in [-0.39, 0.29) is 11.2 Å². The number of carbonyl (C=O) groups excluding carboxylic acids is 1. The number of hydrogen-bond donors (Lipinski definition) is 0. The predicted molar refractivity (Wildman–Crippen MR) is 64.7 cm³/mol. The highest BCUT2D eigenvalue weighted by atomic mass is 16.1. The molecule has 1 aromatic carbocycles. The molecule has 80 valence electrons. The van der Waals surface area contributed by atoms with Gasteiger partial charge in [0.25, 0.3) is 0 Å². The van der Waals surface area contributed by atoms with Crippen molar-refractivity contribution in [3.63, 3.8) is 0 Å². The van der Waals surface area contributed by atoms with E-state index in [0.717, 1.165) is 11.1 Å². The largest absolute Gasteiger partial charge is 0.299 e. The molecule has 15 heavy (non-hydrogen) atoms. The minimum Gasteiger partial charge on any atom is -0.299 e. The summed E-state index contributed by atoms with van der Waals surface area (Å²) in [5.41, 5.74) is 1.84. The predicted octanol–water partition coefficient (Wildman–Crippen LogP) is 3.49. The van der Waals surface area contributed by atoms with Gasteiger partial charge in [0.05, 0.1) is 0 Å². The molecular weight excluding hydrogens is 184 g/mol. The van der Waals surface area contributed by atoms with Gasteiger partial charge in [-0.2, -0.15) is 0 Å². The molecule has 0 heterocycles. The van der Waals surface area contributed by atoms with Crippen LogP contribution in [0.25, 0.3) is 6.08 Å². The third-order valence-corrected chi connectivity index (χ3v) is 2.46. The molecule has 0 N–H and O–H groups in total. The second-order valence-electron chi connectivity index (χ2n) is 4.75. The van der Waals surface area contributed by atoms with E-state index >= 15 is 0 Å². The van der Waals surface area contributed by atoms with Crippen LogP contribution in [0.3, 0.4) is 0 Å². The van der Waals surface area contributed by atoms with Crippen LogP contribution in [0.2, 0.25) is 0 Å². The van der Waals surface area contributed by atoms with Crippen LogP contribution in [0.15, 0.2) is 30.8 Å².